The summed E-state index contributed by atoms with van der Waals surface area (Å²) in [5.74, 6) is -0.0758. The monoisotopic (exact) mass is 310 g/mol. The van der Waals surface area contributed by atoms with Gasteiger partial charge in [0.2, 0.25) is 0 Å². The molecule has 0 atom stereocenters. The number of halogens is 1. The minimum absolute atomic E-state index is 0.0758. The van der Waals surface area contributed by atoms with Gasteiger partial charge in [-0.3, -0.25) is 4.79 Å². The van der Waals surface area contributed by atoms with E-state index in [9.17, 15) is 4.79 Å². The second-order valence-electron chi connectivity index (χ2n) is 5.43. The number of hydrogen-bond acceptors (Lipinski definition) is 2. The third-order valence-corrected chi connectivity index (χ3v) is 4.24. The largest absolute Gasteiger partial charge is 0.398 e. The van der Waals surface area contributed by atoms with Gasteiger partial charge in [0.15, 0.2) is 0 Å². The van der Waals surface area contributed by atoms with Crippen molar-refractivity contribution >= 4 is 27.5 Å². The molecule has 1 aliphatic rings. The summed E-state index contributed by atoms with van der Waals surface area (Å²) >= 11 is 3.34. The van der Waals surface area contributed by atoms with Crippen molar-refractivity contribution < 1.29 is 4.79 Å². The van der Waals surface area contributed by atoms with Crippen molar-refractivity contribution in [2.75, 3.05) is 12.3 Å². The number of hydrogen-bond donors (Lipinski definition) is 2. The molecule has 1 aromatic carbocycles. The van der Waals surface area contributed by atoms with Gasteiger partial charge in [-0.15, -0.1) is 0 Å². The first kappa shape index (κ1) is 13.4. The summed E-state index contributed by atoms with van der Waals surface area (Å²) in [7, 11) is 0. The first-order chi connectivity index (χ1) is 8.50. The molecule has 1 aromatic rings. The van der Waals surface area contributed by atoms with Crippen LogP contribution in [0.3, 0.4) is 0 Å². The molecule has 0 radical (unpaired) electrons. The van der Waals surface area contributed by atoms with Gasteiger partial charge in [0.05, 0.1) is 5.56 Å². The van der Waals surface area contributed by atoms with Crippen molar-refractivity contribution in [1.29, 1.82) is 0 Å². The second-order valence-corrected chi connectivity index (χ2v) is 6.35. The molecule has 3 nitrogen and oxygen atoms in total. The van der Waals surface area contributed by atoms with Gasteiger partial charge in [-0.2, -0.15) is 0 Å². The predicted molar refractivity (Wildman–Crippen MR) is 77.5 cm³/mol. The van der Waals surface area contributed by atoms with Crippen molar-refractivity contribution in [3.8, 4) is 0 Å². The lowest BCUT2D eigenvalue weighted by Crippen LogP contribution is -2.34. The van der Waals surface area contributed by atoms with Crippen LogP contribution in [0.25, 0.3) is 0 Å². The van der Waals surface area contributed by atoms with E-state index in [0.29, 0.717) is 11.3 Å². The van der Waals surface area contributed by atoms with E-state index in [1.165, 1.54) is 25.7 Å². The van der Waals surface area contributed by atoms with Crippen molar-refractivity contribution in [3.63, 3.8) is 0 Å². The Labute approximate surface area is 116 Å². The van der Waals surface area contributed by atoms with Gasteiger partial charge in [-0.05, 0) is 36.5 Å². The molecular weight excluding hydrogens is 292 g/mol. The maximum atomic E-state index is 12.1. The second kappa shape index (κ2) is 5.31. The van der Waals surface area contributed by atoms with E-state index in [2.05, 4.69) is 28.2 Å². The van der Waals surface area contributed by atoms with Crippen LogP contribution in [0.4, 0.5) is 5.69 Å². The molecule has 0 aromatic heterocycles. The summed E-state index contributed by atoms with van der Waals surface area (Å²) in [5, 5.41) is 3.01. The molecule has 0 unspecified atom stereocenters. The zero-order valence-electron chi connectivity index (χ0n) is 10.6. The van der Waals surface area contributed by atoms with Gasteiger partial charge in [-0.1, -0.05) is 35.7 Å². The molecule has 1 fully saturated rings. The molecule has 4 heteroatoms. The number of nitrogen functional groups attached to an aromatic ring is 1. The Balaban J connectivity index is 1.99. The Kier molecular flexibility index (Phi) is 3.95. The highest BCUT2D eigenvalue weighted by atomic mass is 79.9. The highest BCUT2D eigenvalue weighted by molar-refractivity contribution is 9.10. The maximum Gasteiger partial charge on any atom is 0.253 e. The Hall–Kier alpha value is -1.03. The summed E-state index contributed by atoms with van der Waals surface area (Å²) in [5.41, 5.74) is 7.18. The number of carbonyl (C=O) groups excluding carboxylic acids is 1. The molecule has 1 amide bonds. The average Bonchev–Trinajstić information content (AvgIpc) is 2.74. The van der Waals surface area contributed by atoms with Crippen LogP contribution in [0.1, 0.15) is 43.0 Å². The van der Waals surface area contributed by atoms with Gasteiger partial charge >= 0.3 is 0 Å². The Morgan fingerprint density at radius 1 is 1.44 bits per heavy atom. The lowest BCUT2D eigenvalue weighted by molar-refractivity contribution is 0.0935. The molecule has 1 saturated carbocycles. The summed E-state index contributed by atoms with van der Waals surface area (Å²) in [6.45, 7) is 2.98. The van der Waals surface area contributed by atoms with Crippen LogP contribution >= 0.6 is 15.9 Å². The number of benzene rings is 1. The van der Waals surface area contributed by atoms with Gasteiger partial charge in [0.25, 0.3) is 5.91 Å². The fraction of sp³-hybridized carbons (Fsp3) is 0.500. The minimum atomic E-state index is -0.0758. The fourth-order valence-electron chi connectivity index (χ4n) is 2.53. The van der Waals surface area contributed by atoms with E-state index in [-0.39, 0.29) is 11.3 Å². The number of amides is 1. The van der Waals surface area contributed by atoms with E-state index in [1.54, 1.807) is 12.1 Å². The highest BCUT2D eigenvalue weighted by Gasteiger charge is 2.29. The molecule has 0 aliphatic heterocycles. The Bertz CT molecular complexity index is 453. The van der Waals surface area contributed by atoms with Crippen LogP contribution in [-0.2, 0) is 0 Å². The van der Waals surface area contributed by atoms with Gasteiger partial charge in [0.1, 0.15) is 0 Å². The minimum Gasteiger partial charge on any atom is -0.398 e. The molecule has 0 saturated heterocycles. The molecule has 0 spiro atoms. The average molecular weight is 311 g/mol. The van der Waals surface area contributed by atoms with Crippen molar-refractivity contribution in [1.82, 2.24) is 5.32 Å². The van der Waals surface area contributed by atoms with E-state index >= 15 is 0 Å². The molecule has 1 aliphatic carbocycles. The first-order valence-corrected chi connectivity index (χ1v) is 7.13. The Morgan fingerprint density at radius 2 is 2.11 bits per heavy atom. The topological polar surface area (TPSA) is 55.1 Å². The lowest BCUT2D eigenvalue weighted by Gasteiger charge is -2.23. The summed E-state index contributed by atoms with van der Waals surface area (Å²) in [6.07, 6.45) is 4.94. The van der Waals surface area contributed by atoms with Crippen LogP contribution in [0.5, 0.6) is 0 Å². The van der Waals surface area contributed by atoms with Crippen LogP contribution in [0, 0.1) is 5.41 Å². The number of carbonyl (C=O) groups is 1. The van der Waals surface area contributed by atoms with Crippen LogP contribution < -0.4 is 11.1 Å². The number of rotatable bonds is 3. The maximum absolute atomic E-state index is 12.1. The predicted octanol–water partition coefficient (Wildman–Crippen LogP) is 3.34. The fourth-order valence-corrected chi connectivity index (χ4v) is 2.91. The molecule has 0 heterocycles. The standard InChI is InChI=1S/C14H19BrN2O/c1-14(6-2-3-7-14)9-17-13(18)11-5-4-10(15)8-12(11)16/h4-5,8H,2-3,6-7,9,16H2,1H3,(H,17,18). The van der Waals surface area contributed by atoms with Crippen molar-refractivity contribution in [3.05, 3.63) is 28.2 Å². The third kappa shape index (κ3) is 3.05. The van der Waals surface area contributed by atoms with E-state index in [4.69, 9.17) is 5.73 Å². The van der Waals surface area contributed by atoms with Gasteiger partial charge in [0, 0.05) is 16.7 Å². The number of nitrogens with two attached hydrogens (primary N) is 1. The zero-order valence-corrected chi connectivity index (χ0v) is 12.2. The SMILES string of the molecule is CC1(CNC(=O)c2ccc(Br)cc2N)CCCC1. The molecule has 3 N–H and O–H groups in total. The highest BCUT2D eigenvalue weighted by Crippen LogP contribution is 2.36. The van der Waals surface area contributed by atoms with Gasteiger partial charge in [-0.25, -0.2) is 0 Å². The lowest BCUT2D eigenvalue weighted by atomic mass is 9.89. The van der Waals surface area contributed by atoms with E-state index in [0.717, 1.165) is 11.0 Å². The smallest absolute Gasteiger partial charge is 0.253 e. The Morgan fingerprint density at radius 3 is 2.72 bits per heavy atom. The molecule has 18 heavy (non-hydrogen) atoms. The summed E-state index contributed by atoms with van der Waals surface area (Å²) in [4.78, 5) is 12.1. The molecular formula is C14H19BrN2O. The summed E-state index contributed by atoms with van der Waals surface area (Å²) in [6, 6.07) is 5.35. The van der Waals surface area contributed by atoms with Crippen molar-refractivity contribution in [2.45, 2.75) is 32.6 Å². The molecule has 2 rings (SSSR count). The number of nitrogens with one attached hydrogen (secondary N) is 1. The van der Waals surface area contributed by atoms with Crippen LogP contribution in [-0.4, -0.2) is 12.5 Å². The number of anilines is 1. The normalized spacial score (nSPS) is 17.7. The van der Waals surface area contributed by atoms with E-state index in [1.807, 2.05) is 6.07 Å². The quantitative estimate of drug-likeness (QED) is 0.841. The van der Waals surface area contributed by atoms with Crippen LogP contribution in [0.2, 0.25) is 0 Å². The third-order valence-electron chi connectivity index (χ3n) is 3.74. The van der Waals surface area contributed by atoms with Crippen molar-refractivity contribution in [2.24, 2.45) is 5.41 Å². The van der Waals surface area contributed by atoms with Crippen LogP contribution in [0.15, 0.2) is 22.7 Å². The zero-order chi connectivity index (χ0) is 13.2. The first-order valence-electron chi connectivity index (χ1n) is 6.33. The molecule has 98 valence electrons. The molecule has 0 bridgehead atoms. The summed E-state index contributed by atoms with van der Waals surface area (Å²) < 4.78 is 0.888. The van der Waals surface area contributed by atoms with Gasteiger partial charge < -0.3 is 11.1 Å². The van der Waals surface area contributed by atoms with E-state index < -0.39 is 0 Å².